The molecule has 0 atom stereocenters. The first-order valence-corrected chi connectivity index (χ1v) is 8.36. The van der Waals surface area contributed by atoms with E-state index in [4.69, 9.17) is 5.11 Å². The van der Waals surface area contributed by atoms with Crippen LogP contribution < -0.4 is 10.6 Å². The molecule has 0 saturated heterocycles. The molecule has 3 N–H and O–H groups in total. The molecule has 1 aromatic rings. The van der Waals surface area contributed by atoms with Crippen molar-refractivity contribution in [3.05, 3.63) is 33.8 Å². The Morgan fingerprint density at radius 3 is 2.39 bits per heavy atom. The topological polar surface area (TPSA) is 95.5 Å². The number of benzene rings is 1. The summed E-state index contributed by atoms with van der Waals surface area (Å²) in [5.74, 6) is -1.82. The van der Waals surface area contributed by atoms with Crippen molar-refractivity contribution in [2.75, 3.05) is 6.54 Å². The molecule has 7 heteroatoms. The predicted molar refractivity (Wildman–Crippen MR) is 88.5 cm³/mol. The lowest BCUT2D eigenvalue weighted by atomic mass is 9.95. The maximum Gasteiger partial charge on any atom is 0.335 e. The SMILES string of the molecule is O=C(CNC(=O)c1cc(Br)cc(C(=O)O)c1)NC1CCCCC1. The zero-order valence-electron chi connectivity index (χ0n) is 12.6. The second-order valence-corrected chi connectivity index (χ2v) is 6.53. The maximum atomic E-state index is 12.1. The van der Waals surface area contributed by atoms with Crippen LogP contribution in [0.2, 0.25) is 0 Å². The first-order valence-electron chi connectivity index (χ1n) is 7.57. The molecule has 23 heavy (non-hydrogen) atoms. The van der Waals surface area contributed by atoms with Crippen LogP contribution in [0.15, 0.2) is 22.7 Å². The van der Waals surface area contributed by atoms with Gasteiger partial charge in [-0.05, 0) is 31.0 Å². The van der Waals surface area contributed by atoms with E-state index in [-0.39, 0.29) is 29.6 Å². The largest absolute Gasteiger partial charge is 0.478 e. The molecule has 0 heterocycles. The number of hydrogen-bond acceptors (Lipinski definition) is 3. The zero-order valence-corrected chi connectivity index (χ0v) is 14.2. The number of rotatable bonds is 5. The van der Waals surface area contributed by atoms with Gasteiger partial charge in [0.15, 0.2) is 0 Å². The van der Waals surface area contributed by atoms with Crippen LogP contribution in [0.25, 0.3) is 0 Å². The van der Waals surface area contributed by atoms with Crippen LogP contribution in [0.5, 0.6) is 0 Å². The van der Waals surface area contributed by atoms with Gasteiger partial charge in [-0.1, -0.05) is 35.2 Å². The first-order chi connectivity index (χ1) is 11.0. The number of carbonyl (C=O) groups excluding carboxylic acids is 2. The number of aromatic carboxylic acids is 1. The Morgan fingerprint density at radius 1 is 1.09 bits per heavy atom. The minimum atomic E-state index is -1.12. The molecule has 0 unspecified atom stereocenters. The highest BCUT2D eigenvalue weighted by Gasteiger charge is 2.17. The minimum absolute atomic E-state index is 0.0104. The summed E-state index contributed by atoms with van der Waals surface area (Å²) in [6.07, 6.45) is 5.40. The molecule has 0 radical (unpaired) electrons. The van der Waals surface area contributed by atoms with Gasteiger partial charge in [-0.15, -0.1) is 0 Å². The van der Waals surface area contributed by atoms with Crippen LogP contribution in [0.3, 0.4) is 0 Å². The monoisotopic (exact) mass is 382 g/mol. The number of carboxylic acid groups (broad SMARTS) is 1. The van der Waals surface area contributed by atoms with E-state index >= 15 is 0 Å². The van der Waals surface area contributed by atoms with E-state index < -0.39 is 11.9 Å². The average molecular weight is 383 g/mol. The van der Waals surface area contributed by atoms with Gasteiger partial charge in [0.2, 0.25) is 5.91 Å². The van der Waals surface area contributed by atoms with Crippen molar-refractivity contribution >= 4 is 33.7 Å². The number of nitrogens with one attached hydrogen (secondary N) is 2. The molecule has 1 fully saturated rings. The molecule has 1 aromatic carbocycles. The molecule has 1 aliphatic carbocycles. The fraction of sp³-hybridized carbons (Fsp3) is 0.438. The Labute approximate surface area is 142 Å². The number of carboxylic acids is 1. The van der Waals surface area contributed by atoms with Gasteiger partial charge in [-0.3, -0.25) is 9.59 Å². The lowest BCUT2D eigenvalue weighted by Gasteiger charge is -2.22. The number of carbonyl (C=O) groups is 3. The van der Waals surface area contributed by atoms with Crippen molar-refractivity contribution in [2.24, 2.45) is 0 Å². The van der Waals surface area contributed by atoms with Gasteiger partial charge in [-0.2, -0.15) is 0 Å². The smallest absolute Gasteiger partial charge is 0.335 e. The van der Waals surface area contributed by atoms with Crippen LogP contribution in [0, 0.1) is 0 Å². The molecular weight excluding hydrogens is 364 g/mol. The molecule has 1 aliphatic rings. The van der Waals surface area contributed by atoms with E-state index in [1.54, 1.807) is 0 Å². The highest BCUT2D eigenvalue weighted by atomic mass is 79.9. The molecule has 0 aromatic heterocycles. The van der Waals surface area contributed by atoms with E-state index in [2.05, 4.69) is 26.6 Å². The normalized spacial score (nSPS) is 15.0. The quantitative estimate of drug-likeness (QED) is 0.727. The van der Waals surface area contributed by atoms with Crippen LogP contribution in [-0.2, 0) is 4.79 Å². The highest BCUT2D eigenvalue weighted by Crippen LogP contribution is 2.17. The summed E-state index contributed by atoms with van der Waals surface area (Å²) in [6.45, 7) is -0.121. The van der Waals surface area contributed by atoms with E-state index in [0.29, 0.717) is 4.47 Å². The van der Waals surface area contributed by atoms with Gasteiger partial charge in [-0.25, -0.2) is 4.79 Å². The van der Waals surface area contributed by atoms with Crippen molar-refractivity contribution in [3.8, 4) is 0 Å². The second-order valence-electron chi connectivity index (χ2n) is 5.62. The third-order valence-corrected chi connectivity index (χ3v) is 4.24. The molecule has 2 amide bonds. The second kappa shape index (κ2) is 8.10. The fourth-order valence-corrected chi connectivity index (χ4v) is 3.13. The summed E-state index contributed by atoms with van der Waals surface area (Å²) in [7, 11) is 0. The Balaban J connectivity index is 1.89. The molecule has 6 nitrogen and oxygen atoms in total. The molecule has 0 bridgehead atoms. The summed E-state index contributed by atoms with van der Waals surface area (Å²) in [5, 5.41) is 14.4. The number of halogens is 1. The minimum Gasteiger partial charge on any atom is -0.478 e. The molecule has 0 spiro atoms. The van der Waals surface area contributed by atoms with Crippen molar-refractivity contribution in [3.63, 3.8) is 0 Å². The van der Waals surface area contributed by atoms with Crippen molar-refractivity contribution in [1.29, 1.82) is 0 Å². The Kier molecular flexibility index (Phi) is 6.15. The summed E-state index contributed by atoms with van der Waals surface area (Å²) < 4.78 is 0.495. The Bertz CT molecular complexity index is 612. The van der Waals surface area contributed by atoms with E-state index in [9.17, 15) is 14.4 Å². The summed E-state index contributed by atoms with van der Waals surface area (Å²) in [5.41, 5.74) is 0.207. The highest BCUT2D eigenvalue weighted by molar-refractivity contribution is 9.10. The van der Waals surface area contributed by atoms with Crippen molar-refractivity contribution in [2.45, 2.75) is 38.1 Å². The molecular formula is C16H19BrN2O4. The van der Waals surface area contributed by atoms with Crippen LogP contribution in [-0.4, -0.2) is 35.5 Å². The fourth-order valence-electron chi connectivity index (χ4n) is 2.63. The standard InChI is InChI=1S/C16H19BrN2O4/c17-12-7-10(6-11(8-12)16(22)23)15(21)18-9-14(20)19-13-4-2-1-3-5-13/h6-8,13H,1-5,9H2,(H,18,21)(H,19,20)(H,22,23). The molecule has 0 aliphatic heterocycles. The van der Waals surface area contributed by atoms with Crippen LogP contribution in [0.4, 0.5) is 0 Å². The van der Waals surface area contributed by atoms with Crippen LogP contribution in [0.1, 0.15) is 52.8 Å². The Hall–Kier alpha value is -1.89. The van der Waals surface area contributed by atoms with Crippen molar-refractivity contribution < 1.29 is 19.5 Å². The van der Waals surface area contributed by atoms with Crippen LogP contribution >= 0.6 is 15.9 Å². The van der Waals surface area contributed by atoms with Gasteiger partial charge in [0.05, 0.1) is 12.1 Å². The van der Waals surface area contributed by atoms with Gasteiger partial charge in [0, 0.05) is 16.1 Å². The van der Waals surface area contributed by atoms with E-state index in [1.807, 2.05) is 0 Å². The van der Waals surface area contributed by atoms with Gasteiger partial charge in [0.1, 0.15) is 0 Å². The molecule has 2 rings (SSSR count). The molecule has 1 saturated carbocycles. The van der Waals surface area contributed by atoms with E-state index in [0.717, 1.165) is 25.7 Å². The van der Waals surface area contributed by atoms with Gasteiger partial charge in [0.25, 0.3) is 5.91 Å². The third-order valence-electron chi connectivity index (χ3n) is 3.79. The van der Waals surface area contributed by atoms with Gasteiger partial charge >= 0.3 is 5.97 Å². The summed E-state index contributed by atoms with van der Waals surface area (Å²) >= 11 is 3.17. The predicted octanol–water partition coefficient (Wildman–Crippen LogP) is 2.33. The Morgan fingerprint density at radius 2 is 1.74 bits per heavy atom. The summed E-state index contributed by atoms with van der Waals surface area (Å²) in [6, 6.07) is 4.40. The number of hydrogen-bond donors (Lipinski definition) is 3. The van der Waals surface area contributed by atoms with Crippen molar-refractivity contribution in [1.82, 2.24) is 10.6 Å². The maximum absolute atomic E-state index is 12.1. The summed E-state index contributed by atoms with van der Waals surface area (Å²) in [4.78, 5) is 34.9. The molecule has 124 valence electrons. The lowest BCUT2D eigenvalue weighted by molar-refractivity contribution is -0.121. The zero-order chi connectivity index (χ0) is 16.8. The third kappa shape index (κ3) is 5.35. The first kappa shape index (κ1) is 17.5. The average Bonchev–Trinajstić information content (AvgIpc) is 2.53. The lowest BCUT2D eigenvalue weighted by Crippen LogP contribution is -2.42. The van der Waals surface area contributed by atoms with Gasteiger partial charge < -0.3 is 15.7 Å². The van der Waals surface area contributed by atoms with E-state index in [1.165, 1.54) is 24.6 Å². The number of amides is 2.